The number of hydrogen-bond donors (Lipinski definition) is 1. The first kappa shape index (κ1) is 11.0. The van der Waals surface area contributed by atoms with Gasteiger partial charge in [0.25, 0.3) is 0 Å². The first-order valence-electron chi connectivity index (χ1n) is 5.03. The predicted octanol–water partition coefficient (Wildman–Crippen LogP) is 1.43. The molecule has 0 bridgehead atoms. The summed E-state index contributed by atoms with van der Waals surface area (Å²) in [7, 11) is 0. The third kappa shape index (κ3) is 2.56. The minimum atomic E-state index is 0.378. The van der Waals surface area contributed by atoms with Gasteiger partial charge in [-0.05, 0) is 18.7 Å². The summed E-state index contributed by atoms with van der Waals surface area (Å²) < 4.78 is 1.68. The molecule has 2 heterocycles. The van der Waals surface area contributed by atoms with Gasteiger partial charge in [-0.15, -0.1) is 10.2 Å². The van der Waals surface area contributed by atoms with E-state index in [9.17, 15) is 0 Å². The quantitative estimate of drug-likeness (QED) is 0.874. The van der Waals surface area contributed by atoms with Crippen LogP contribution in [0.15, 0.2) is 24.5 Å². The van der Waals surface area contributed by atoms with Gasteiger partial charge in [-0.3, -0.25) is 0 Å². The minimum Gasteiger partial charge on any atom is -0.313 e. The van der Waals surface area contributed by atoms with E-state index in [0.29, 0.717) is 11.0 Å². The molecular formula is C10H12ClN5. The van der Waals surface area contributed by atoms with Crippen molar-refractivity contribution in [2.45, 2.75) is 13.5 Å². The Morgan fingerprint density at radius 3 is 2.94 bits per heavy atom. The van der Waals surface area contributed by atoms with Crippen LogP contribution in [0.3, 0.4) is 0 Å². The third-order valence-electron chi connectivity index (χ3n) is 2.07. The van der Waals surface area contributed by atoms with Crippen molar-refractivity contribution < 1.29 is 0 Å². The number of rotatable bonds is 4. The topological polar surface area (TPSA) is 55.6 Å². The molecule has 0 aliphatic heterocycles. The molecule has 0 radical (unpaired) electrons. The number of hydrogen-bond acceptors (Lipinski definition) is 4. The van der Waals surface area contributed by atoms with Crippen LogP contribution in [0.5, 0.6) is 0 Å². The van der Waals surface area contributed by atoms with E-state index in [1.54, 1.807) is 23.0 Å². The average Bonchev–Trinajstić information content (AvgIpc) is 2.76. The van der Waals surface area contributed by atoms with Gasteiger partial charge in [-0.1, -0.05) is 18.5 Å². The van der Waals surface area contributed by atoms with E-state index in [-0.39, 0.29) is 0 Å². The lowest BCUT2D eigenvalue weighted by Crippen LogP contribution is -2.11. The van der Waals surface area contributed by atoms with Gasteiger partial charge in [0.2, 0.25) is 0 Å². The molecule has 5 nitrogen and oxygen atoms in total. The van der Waals surface area contributed by atoms with Crippen LogP contribution in [0.1, 0.15) is 12.5 Å². The number of aromatic nitrogens is 4. The van der Waals surface area contributed by atoms with Crippen molar-refractivity contribution in [2.75, 3.05) is 6.54 Å². The van der Waals surface area contributed by atoms with Crippen molar-refractivity contribution in [3.63, 3.8) is 0 Å². The Labute approximate surface area is 98.5 Å². The summed E-state index contributed by atoms with van der Waals surface area (Å²) >= 11 is 5.66. The molecule has 6 heteroatoms. The molecule has 2 rings (SSSR count). The summed E-state index contributed by atoms with van der Waals surface area (Å²) in [5, 5.41) is 15.5. The summed E-state index contributed by atoms with van der Waals surface area (Å²) in [4.78, 5) is 0. The van der Waals surface area contributed by atoms with Crippen molar-refractivity contribution >= 4 is 11.6 Å². The molecule has 2 aromatic rings. The Kier molecular flexibility index (Phi) is 3.48. The van der Waals surface area contributed by atoms with Crippen molar-refractivity contribution in [3.8, 4) is 5.82 Å². The van der Waals surface area contributed by atoms with E-state index in [4.69, 9.17) is 11.6 Å². The van der Waals surface area contributed by atoms with Gasteiger partial charge in [0, 0.05) is 18.3 Å². The summed E-state index contributed by atoms with van der Waals surface area (Å²) in [5.74, 6) is 0.659. The maximum Gasteiger partial charge on any atom is 0.175 e. The van der Waals surface area contributed by atoms with Gasteiger partial charge >= 0.3 is 0 Å². The molecule has 84 valence electrons. The Morgan fingerprint density at radius 1 is 1.38 bits per heavy atom. The summed E-state index contributed by atoms with van der Waals surface area (Å²) in [6, 6.07) is 3.47. The molecule has 0 aliphatic rings. The summed E-state index contributed by atoms with van der Waals surface area (Å²) in [6.45, 7) is 3.80. The van der Waals surface area contributed by atoms with Gasteiger partial charge in [-0.25, -0.2) is 4.68 Å². The second-order valence-corrected chi connectivity index (χ2v) is 3.67. The van der Waals surface area contributed by atoms with E-state index in [0.717, 1.165) is 18.7 Å². The van der Waals surface area contributed by atoms with Crippen molar-refractivity contribution in [3.05, 3.63) is 35.2 Å². The van der Waals surface area contributed by atoms with Crippen molar-refractivity contribution in [1.29, 1.82) is 0 Å². The molecule has 0 aliphatic carbocycles. The number of halogens is 1. The molecule has 2 aromatic heterocycles. The van der Waals surface area contributed by atoms with Crippen molar-refractivity contribution in [2.24, 2.45) is 0 Å². The van der Waals surface area contributed by atoms with Crippen molar-refractivity contribution in [1.82, 2.24) is 25.3 Å². The molecule has 0 atom stereocenters. The molecule has 0 saturated heterocycles. The Hall–Kier alpha value is -1.46. The summed E-state index contributed by atoms with van der Waals surface area (Å²) in [5.41, 5.74) is 1.11. The fourth-order valence-corrected chi connectivity index (χ4v) is 1.38. The van der Waals surface area contributed by atoms with Gasteiger partial charge in [0.15, 0.2) is 11.0 Å². The monoisotopic (exact) mass is 237 g/mol. The van der Waals surface area contributed by atoms with Crippen LogP contribution in [0.25, 0.3) is 5.82 Å². The first-order chi connectivity index (χ1) is 7.79. The zero-order chi connectivity index (χ0) is 11.4. The van der Waals surface area contributed by atoms with Gasteiger partial charge in [-0.2, -0.15) is 5.10 Å². The standard InChI is InChI=1S/C10H12ClN5/c1-2-12-5-8-6-13-16(7-8)10-4-3-9(11)14-15-10/h3-4,6-7,12H,2,5H2,1H3. The molecule has 1 N–H and O–H groups in total. The van der Waals surface area contributed by atoms with Crippen LogP contribution < -0.4 is 5.32 Å². The van der Waals surface area contributed by atoms with Crippen LogP contribution in [0.4, 0.5) is 0 Å². The first-order valence-corrected chi connectivity index (χ1v) is 5.41. The van der Waals surface area contributed by atoms with E-state index >= 15 is 0 Å². The number of nitrogens with zero attached hydrogens (tertiary/aromatic N) is 4. The fraction of sp³-hybridized carbons (Fsp3) is 0.300. The fourth-order valence-electron chi connectivity index (χ4n) is 1.28. The molecular weight excluding hydrogens is 226 g/mol. The Bertz CT molecular complexity index is 450. The van der Waals surface area contributed by atoms with Gasteiger partial charge in [0.1, 0.15) is 0 Å². The zero-order valence-electron chi connectivity index (χ0n) is 8.89. The maximum atomic E-state index is 5.66. The lowest BCUT2D eigenvalue weighted by Gasteiger charge is -1.98. The minimum absolute atomic E-state index is 0.378. The highest BCUT2D eigenvalue weighted by molar-refractivity contribution is 6.29. The maximum absolute atomic E-state index is 5.66. The molecule has 0 saturated carbocycles. The second kappa shape index (κ2) is 5.05. The molecule has 16 heavy (non-hydrogen) atoms. The van der Waals surface area contributed by atoms with Crippen LogP contribution in [0, 0.1) is 0 Å². The molecule has 0 unspecified atom stereocenters. The lowest BCUT2D eigenvalue weighted by molar-refractivity contribution is 0.726. The zero-order valence-corrected chi connectivity index (χ0v) is 9.65. The smallest absolute Gasteiger partial charge is 0.175 e. The molecule has 0 fully saturated rings. The van der Waals surface area contributed by atoms with Crippen LogP contribution in [-0.2, 0) is 6.54 Å². The highest BCUT2D eigenvalue weighted by Crippen LogP contribution is 2.07. The molecule has 0 amide bonds. The predicted molar refractivity (Wildman–Crippen MR) is 61.5 cm³/mol. The largest absolute Gasteiger partial charge is 0.313 e. The average molecular weight is 238 g/mol. The van der Waals surface area contributed by atoms with E-state index < -0.39 is 0 Å². The molecule has 0 aromatic carbocycles. The van der Waals surface area contributed by atoms with E-state index in [1.807, 2.05) is 6.20 Å². The van der Waals surface area contributed by atoms with Crippen LogP contribution in [0.2, 0.25) is 5.15 Å². The third-order valence-corrected chi connectivity index (χ3v) is 2.27. The van der Waals surface area contributed by atoms with Gasteiger partial charge < -0.3 is 5.32 Å². The lowest BCUT2D eigenvalue weighted by atomic mass is 10.3. The SMILES string of the molecule is CCNCc1cnn(-c2ccc(Cl)nn2)c1. The highest BCUT2D eigenvalue weighted by atomic mass is 35.5. The van der Waals surface area contributed by atoms with Crippen LogP contribution >= 0.6 is 11.6 Å². The number of nitrogens with one attached hydrogen (secondary N) is 1. The summed E-state index contributed by atoms with van der Waals surface area (Å²) in [6.07, 6.45) is 3.72. The Morgan fingerprint density at radius 2 is 2.25 bits per heavy atom. The normalized spacial score (nSPS) is 10.6. The van der Waals surface area contributed by atoms with Crippen LogP contribution in [-0.4, -0.2) is 26.5 Å². The Balaban J connectivity index is 2.15. The molecule has 0 spiro atoms. The van der Waals surface area contributed by atoms with E-state index in [2.05, 4.69) is 27.5 Å². The van der Waals surface area contributed by atoms with E-state index in [1.165, 1.54) is 0 Å². The highest BCUT2D eigenvalue weighted by Gasteiger charge is 2.02. The van der Waals surface area contributed by atoms with Gasteiger partial charge in [0.05, 0.1) is 6.20 Å². The second-order valence-electron chi connectivity index (χ2n) is 3.29.